The largest absolute Gasteiger partial charge is 0.350 e. The lowest BCUT2D eigenvalue weighted by Gasteiger charge is -2.14. The van der Waals surface area contributed by atoms with Crippen LogP contribution in [-0.2, 0) is 4.79 Å². The van der Waals surface area contributed by atoms with Gasteiger partial charge in [-0.3, -0.25) is 4.79 Å². The standard InChI is InChI=1S/C10H10Cl2FNO/c1-5(14-6(2)15)7-3-10(13)9(12)4-8(7)11/h3-5H,1-2H3,(H,14,15). The van der Waals surface area contributed by atoms with Crippen LogP contribution in [0.1, 0.15) is 25.5 Å². The van der Waals surface area contributed by atoms with Gasteiger partial charge < -0.3 is 5.32 Å². The molecule has 0 aliphatic heterocycles. The van der Waals surface area contributed by atoms with Crippen molar-refractivity contribution < 1.29 is 9.18 Å². The smallest absolute Gasteiger partial charge is 0.217 e. The summed E-state index contributed by atoms with van der Waals surface area (Å²) in [5, 5.41) is 2.92. The fraction of sp³-hybridized carbons (Fsp3) is 0.300. The number of benzene rings is 1. The van der Waals surface area contributed by atoms with Crippen LogP contribution in [0.2, 0.25) is 10.0 Å². The van der Waals surface area contributed by atoms with E-state index < -0.39 is 5.82 Å². The van der Waals surface area contributed by atoms with Gasteiger partial charge in [-0.25, -0.2) is 4.39 Å². The molecule has 1 atom stereocenters. The first-order chi connectivity index (χ1) is 6.91. The Morgan fingerprint density at radius 2 is 2.00 bits per heavy atom. The summed E-state index contributed by atoms with van der Waals surface area (Å²) >= 11 is 11.4. The van der Waals surface area contributed by atoms with Gasteiger partial charge in [0.15, 0.2) is 0 Å². The summed E-state index contributed by atoms with van der Waals surface area (Å²) in [4.78, 5) is 10.8. The Labute approximate surface area is 97.4 Å². The van der Waals surface area contributed by atoms with E-state index >= 15 is 0 Å². The third-order valence-electron chi connectivity index (χ3n) is 1.93. The summed E-state index contributed by atoms with van der Waals surface area (Å²) in [5.74, 6) is -0.748. The van der Waals surface area contributed by atoms with Gasteiger partial charge in [-0.15, -0.1) is 0 Å². The van der Waals surface area contributed by atoms with E-state index in [9.17, 15) is 9.18 Å². The minimum absolute atomic E-state index is 0.0289. The summed E-state index contributed by atoms with van der Waals surface area (Å²) in [7, 11) is 0. The second-order valence-corrected chi connectivity index (χ2v) is 4.02. The molecule has 1 N–H and O–H groups in total. The van der Waals surface area contributed by atoms with Gasteiger partial charge in [-0.05, 0) is 24.6 Å². The number of hydrogen-bond acceptors (Lipinski definition) is 1. The average Bonchev–Trinajstić information content (AvgIpc) is 2.09. The lowest BCUT2D eigenvalue weighted by molar-refractivity contribution is -0.119. The molecule has 0 radical (unpaired) electrons. The van der Waals surface area contributed by atoms with Gasteiger partial charge in [0, 0.05) is 11.9 Å². The zero-order valence-corrected chi connectivity index (χ0v) is 9.79. The fourth-order valence-corrected chi connectivity index (χ4v) is 1.80. The SMILES string of the molecule is CC(=O)NC(C)c1cc(F)c(Cl)cc1Cl. The van der Waals surface area contributed by atoms with Crippen LogP contribution >= 0.6 is 23.2 Å². The second kappa shape index (κ2) is 4.81. The maximum atomic E-state index is 13.2. The van der Waals surface area contributed by atoms with Crippen molar-refractivity contribution in [3.05, 3.63) is 33.6 Å². The van der Waals surface area contributed by atoms with Crippen molar-refractivity contribution in [3.63, 3.8) is 0 Å². The van der Waals surface area contributed by atoms with E-state index in [4.69, 9.17) is 23.2 Å². The number of rotatable bonds is 2. The molecule has 0 bridgehead atoms. The molecule has 0 heterocycles. The van der Waals surface area contributed by atoms with Crippen molar-refractivity contribution in [2.24, 2.45) is 0 Å². The Morgan fingerprint density at radius 3 is 2.53 bits per heavy atom. The predicted octanol–water partition coefficient (Wildman–Crippen LogP) is 3.33. The van der Waals surface area contributed by atoms with Crippen LogP contribution in [0.25, 0.3) is 0 Å². The van der Waals surface area contributed by atoms with Crippen molar-refractivity contribution in [2.45, 2.75) is 19.9 Å². The summed E-state index contributed by atoms with van der Waals surface area (Å²) < 4.78 is 13.2. The Kier molecular flexibility index (Phi) is 3.94. The van der Waals surface area contributed by atoms with Gasteiger partial charge in [0.05, 0.1) is 11.1 Å². The van der Waals surface area contributed by atoms with Gasteiger partial charge >= 0.3 is 0 Å². The van der Waals surface area contributed by atoms with Gasteiger partial charge in [-0.1, -0.05) is 23.2 Å². The lowest BCUT2D eigenvalue weighted by atomic mass is 10.1. The zero-order chi connectivity index (χ0) is 11.6. The van der Waals surface area contributed by atoms with Crippen LogP contribution < -0.4 is 5.32 Å². The third kappa shape index (κ3) is 3.08. The van der Waals surface area contributed by atoms with E-state index in [1.54, 1.807) is 6.92 Å². The second-order valence-electron chi connectivity index (χ2n) is 3.21. The van der Waals surface area contributed by atoms with Crippen LogP contribution in [0.5, 0.6) is 0 Å². The number of nitrogens with one attached hydrogen (secondary N) is 1. The molecule has 0 saturated carbocycles. The van der Waals surface area contributed by atoms with Crippen molar-refractivity contribution in [1.29, 1.82) is 0 Å². The quantitative estimate of drug-likeness (QED) is 0.801. The van der Waals surface area contributed by atoms with Crippen molar-refractivity contribution in [2.75, 3.05) is 0 Å². The highest BCUT2D eigenvalue weighted by Gasteiger charge is 2.13. The molecule has 82 valence electrons. The topological polar surface area (TPSA) is 29.1 Å². The molecular weight excluding hydrogens is 240 g/mol. The molecule has 1 aromatic rings. The van der Waals surface area contributed by atoms with Gasteiger partial charge in [0.25, 0.3) is 0 Å². The molecule has 0 aliphatic rings. The van der Waals surface area contributed by atoms with E-state index in [1.165, 1.54) is 19.1 Å². The molecule has 5 heteroatoms. The number of carbonyl (C=O) groups is 1. The van der Waals surface area contributed by atoms with E-state index in [-0.39, 0.29) is 17.0 Å². The first-order valence-electron chi connectivity index (χ1n) is 4.33. The lowest BCUT2D eigenvalue weighted by Crippen LogP contribution is -2.23. The molecule has 0 spiro atoms. The number of carbonyl (C=O) groups excluding carboxylic acids is 1. The van der Waals surface area contributed by atoms with Crippen LogP contribution in [0.4, 0.5) is 4.39 Å². The van der Waals surface area contributed by atoms with Crippen LogP contribution in [-0.4, -0.2) is 5.91 Å². The molecule has 1 amide bonds. The molecular formula is C10H10Cl2FNO. The fourth-order valence-electron chi connectivity index (χ4n) is 1.25. The molecule has 15 heavy (non-hydrogen) atoms. The summed E-state index contributed by atoms with van der Waals surface area (Å²) in [5.41, 5.74) is 0.508. The summed E-state index contributed by atoms with van der Waals surface area (Å²) in [6.45, 7) is 3.10. The molecule has 0 fully saturated rings. The minimum atomic E-state index is -0.548. The molecule has 1 unspecified atom stereocenters. The highest BCUT2D eigenvalue weighted by Crippen LogP contribution is 2.28. The average molecular weight is 250 g/mol. The monoisotopic (exact) mass is 249 g/mol. The first-order valence-corrected chi connectivity index (χ1v) is 5.09. The van der Waals surface area contributed by atoms with Crippen LogP contribution in [0.3, 0.4) is 0 Å². The van der Waals surface area contributed by atoms with Crippen molar-refractivity contribution in [1.82, 2.24) is 5.32 Å². The Bertz CT molecular complexity index is 395. The molecule has 0 saturated heterocycles. The van der Waals surface area contributed by atoms with Crippen molar-refractivity contribution in [3.8, 4) is 0 Å². The van der Waals surface area contributed by atoms with E-state index in [0.717, 1.165) is 0 Å². The van der Waals surface area contributed by atoms with Crippen molar-refractivity contribution >= 4 is 29.1 Å². The maximum absolute atomic E-state index is 13.2. The Morgan fingerprint density at radius 1 is 1.40 bits per heavy atom. The molecule has 1 rings (SSSR count). The number of halogens is 3. The maximum Gasteiger partial charge on any atom is 0.217 e. The van der Waals surface area contributed by atoms with Gasteiger partial charge in [-0.2, -0.15) is 0 Å². The zero-order valence-electron chi connectivity index (χ0n) is 8.27. The van der Waals surface area contributed by atoms with E-state index in [1.807, 2.05) is 0 Å². The highest BCUT2D eigenvalue weighted by atomic mass is 35.5. The van der Waals surface area contributed by atoms with Crippen LogP contribution in [0.15, 0.2) is 12.1 Å². The van der Waals surface area contributed by atoms with E-state index in [2.05, 4.69) is 5.32 Å². The highest BCUT2D eigenvalue weighted by molar-refractivity contribution is 6.35. The summed E-state index contributed by atoms with van der Waals surface area (Å²) in [6, 6.07) is 2.21. The van der Waals surface area contributed by atoms with Gasteiger partial charge in [0.2, 0.25) is 5.91 Å². The molecule has 1 aromatic carbocycles. The van der Waals surface area contributed by atoms with Crippen LogP contribution in [0, 0.1) is 5.82 Å². The van der Waals surface area contributed by atoms with Gasteiger partial charge in [0.1, 0.15) is 5.82 Å². The normalized spacial score (nSPS) is 12.3. The first kappa shape index (κ1) is 12.3. The Balaban J connectivity index is 3.03. The minimum Gasteiger partial charge on any atom is -0.350 e. The third-order valence-corrected chi connectivity index (χ3v) is 2.54. The molecule has 2 nitrogen and oxygen atoms in total. The molecule has 0 aromatic heterocycles. The Hall–Kier alpha value is -0.800. The summed E-state index contributed by atoms with van der Waals surface area (Å²) in [6.07, 6.45) is 0. The number of amides is 1. The van der Waals surface area contributed by atoms with E-state index in [0.29, 0.717) is 10.6 Å². The molecule has 0 aliphatic carbocycles. The predicted molar refractivity (Wildman–Crippen MR) is 58.7 cm³/mol. The number of hydrogen-bond donors (Lipinski definition) is 1.